The predicted octanol–water partition coefficient (Wildman–Crippen LogP) is 2.53. The SMILES string of the molecule is COc1cc(C(C=O)C2CC2)ccc1F. The zero-order chi connectivity index (χ0) is 10.8. The largest absolute Gasteiger partial charge is 0.494 e. The van der Waals surface area contributed by atoms with Crippen LogP contribution >= 0.6 is 0 Å². The lowest BCUT2D eigenvalue weighted by Crippen LogP contribution is -2.03. The second-order valence-electron chi connectivity index (χ2n) is 3.89. The molecule has 3 heteroatoms. The lowest BCUT2D eigenvalue weighted by Gasteiger charge is -2.11. The molecule has 0 amide bonds. The van der Waals surface area contributed by atoms with E-state index in [0.29, 0.717) is 5.92 Å². The Balaban J connectivity index is 2.30. The van der Waals surface area contributed by atoms with Crippen molar-refractivity contribution in [3.8, 4) is 5.75 Å². The van der Waals surface area contributed by atoms with E-state index in [1.54, 1.807) is 12.1 Å². The van der Waals surface area contributed by atoms with E-state index in [1.165, 1.54) is 13.2 Å². The fourth-order valence-corrected chi connectivity index (χ4v) is 1.80. The van der Waals surface area contributed by atoms with Gasteiger partial charge < -0.3 is 9.53 Å². The van der Waals surface area contributed by atoms with Gasteiger partial charge in [0.2, 0.25) is 0 Å². The Morgan fingerprint density at radius 3 is 2.80 bits per heavy atom. The van der Waals surface area contributed by atoms with Crippen molar-refractivity contribution in [3.63, 3.8) is 0 Å². The van der Waals surface area contributed by atoms with E-state index >= 15 is 0 Å². The van der Waals surface area contributed by atoms with E-state index in [4.69, 9.17) is 4.74 Å². The highest BCUT2D eigenvalue weighted by atomic mass is 19.1. The van der Waals surface area contributed by atoms with Gasteiger partial charge in [-0.1, -0.05) is 6.07 Å². The summed E-state index contributed by atoms with van der Waals surface area (Å²) in [7, 11) is 1.43. The van der Waals surface area contributed by atoms with Crippen molar-refractivity contribution in [2.45, 2.75) is 18.8 Å². The average molecular weight is 208 g/mol. The predicted molar refractivity (Wildman–Crippen MR) is 54.5 cm³/mol. The molecule has 0 saturated heterocycles. The van der Waals surface area contributed by atoms with Gasteiger partial charge in [0.15, 0.2) is 11.6 Å². The first-order chi connectivity index (χ1) is 7.26. The summed E-state index contributed by atoms with van der Waals surface area (Å²) in [5.74, 6) is 0.166. The third-order valence-corrected chi connectivity index (χ3v) is 2.84. The molecule has 1 aliphatic carbocycles. The molecule has 1 atom stereocenters. The van der Waals surface area contributed by atoms with Crippen molar-refractivity contribution < 1.29 is 13.9 Å². The molecule has 1 saturated carbocycles. The van der Waals surface area contributed by atoms with Crippen molar-refractivity contribution in [2.75, 3.05) is 7.11 Å². The summed E-state index contributed by atoms with van der Waals surface area (Å²) < 4.78 is 18.0. The molecule has 2 nitrogen and oxygen atoms in total. The highest BCUT2D eigenvalue weighted by molar-refractivity contribution is 5.64. The molecule has 1 aromatic carbocycles. The number of carbonyl (C=O) groups excluding carboxylic acids is 1. The molecule has 0 N–H and O–H groups in total. The first-order valence-corrected chi connectivity index (χ1v) is 5.05. The number of halogens is 1. The Labute approximate surface area is 88.1 Å². The molecule has 1 aromatic rings. The summed E-state index contributed by atoms with van der Waals surface area (Å²) in [4.78, 5) is 10.9. The van der Waals surface area contributed by atoms with E-state index in [2.05, 4.69) is 0 Å². The zero-order valence-electron chi connectivity index (χ0n) is 8.57. The van der Waals surface area contributed by atoms with Crippen LogP contribution in [0.3, 0.4) is 0 Å². The Hall–Kier alpha value is -1.38. The number of rotatable bonds is 4. The number of hydrogen-bond donors (Lipinski definition) is 0. The number of benzene rings is 1. The molecule has 2 rings (SSSR count). The molecular weight excluding hydrogens is 195 g/mol. The van der Waals surface area contributed by atoms with Crippen LogP contribution in [0.4, 0.5) is 4.39 Å². The minimum atomic E-state index is -0.387. The average Bonchev–Trinajstić information content (AvgIpc) is 3.06. The standard InChI is InChI=1S/C12H13FO2/c1-15-12-6-9(4-5-11(12)13)10(7-14)8-2-3-8/h4-8,10H,2-3H2,1H3. The van der Waals surface area contributed by atoms with Gasteiger partial charge in [-0.2, -0.15) is 0 Å². The molecule has 0 aromatic heterocycles. The van der Waals surface area contributed by atoms with Crippen molar-refractivity contribution in [1.82, 2.24) is 0 Å². The van der Waals surface area contributed by atoms with Gasteiger partial charge in [0.05, 0.1) is 7.11 Å². The van der Waals surface area contributed by atoms with E-state index in [0.717, 1.165) is 24.7 Å². The monoisotopic (exact) mass is 208 g/mol. The van der Waals surface area contributed by atoms with Gasteiger partial charge in [0.25, 0.3) is 0 Å². The van der Waals surface area contributed by atoms with Crippen LogP contribution < -0.4 is 4.74 Å². The smallest absolute Gasteiger partial charge is 0.165 e. The summed E-state index contributed by atoms with van der Waals surface area (Å²) in [5, 5.41) is 0. The molecule has 0 heterocycles. The van der Waals surface area contributed by atoms with Gasteiger partial charge in [-0.15, -0.1) is 0 Å². The Bertz CT molecular complexity index is 372. The highest BCUT2D eigenvalue weighted by Crippen LogP contribution is 2.42. The maximum absolute atomic E-state index is 13.1. The number of hydrogen-bond acceptors (Lipinski definition) is 2. The third-order valence-electron chi connectivity index (χ3n) is 2.84. The maximum atomic E-state index is 13.1. The number of ether oxygens (including phenoxy) is 1. The summed E-state index contributed by atoms with van der Waals surface area (Å²) in [6.07, 6.45) is 3.12. The Morgan fingerprint density at radius 2 is 2.27 bits per heavy atom. The van der Waals surface area contributed by atoms with Crippen LogP contribution in [-0.4, -0.2) is 13.4 Å². The molecule has 0 radical (unpaired) electrons. The Morgan fingerprint density at radius 1 is 1.53 bits per heavy atom. The van der Waals surface area contributed by atoms with Gasteiger partial charge >= 0.3 is 0 Å². The summed E-state index contributed by atoms with van der Waals surface area (Å²) >= 11 is 0. The minimum absolute atomic E-state index is 0.0977. The quantitative estimate of drug-likeness (QED) is 0.711. The highest BCUT2D eigenvalue weighted by Gasteiger charge is 2.32. The molecule has 0 bridgehead atoms. The molecule has 80 valence electrons. The van der Waals surface area contributed by atoms with Crippen LogP contribution in [-0.2, 0) is 4.79 Å². The van der Waals surface area contributed by atoms with Crippen LogP contribution in [0.1, 0.15) is 24.3 Å². The van der Waals surface area contributed by atoms with E-state index in [1.807, 2.05) is 0 Å². The molecule has 0 aliphatic heterocycles. The second kappa shape index (κ2) is 4.01. The fourth-order valence-electron chi connectivity index (χ4n) is 1.80. The minimum Gasteiger partial charge on any atom is -0.494 e. The van der Waals surface area contributed by atoms with Crippen LogP contribution in [0.2, 0.25) is 0 Å². The normalized spacial score (nSPS) is 17.2. The summed E-state index contributed by atoms with van der Waals surface area (Å²) in [5.41, 5.74) is 0.853. The third kappa shape index (κ3) is 2.01. The van der Waals surface area contributed by atoms with Crippen LogP contribution in [0.25, 0.3) is 0 Å². The first kappa shape index (κ1) is 10.1. The molecule has 1 aliphatic rings. The fraction of sp³-hybridized carbons (Fsp3) is 0.417. The maximum Gasteiger partial charge on any atom is 0.165 e. The first-order valence-electron chi connectivity index (χ1n) is 5.05. The van der Waals surface area contributed by atoms with Crippen molar-refractivity contribution in [1.29, 1.82) is 0 Å². The molecule has 1 unspecified atom stereocenters. The van der Waals surface area contributed by atoms with Gasteiger partial charge in [-0.25, -0.2) is 4.39 Å². The van der Waals surface area contributed by atoms with Crippen LogP contribution in [0, 0.1) is 11.7 Å². The van der Waals surface area contributed by atoms with E-state index in [-0.39, 0.29) is 17.5 Å². The Kier molecular flexibility index (Phi) is 2.71. The van der Waals surface area contributed by atoms with Crippen LogP contribution in [0.5, 0.6) is 5.75 Å². The van der Waals surface area contributed by atoms with Crippen molar-refractivity contribution in [3.05, 3.63) is 29.6 Å². The van der Waals surface area contributed by atoms with Gasteiger partial charge in [-0.05, 0) is 36.5 Å². The van der Waals surface area contributed by atoms with E-state index < -0.39 is 0 Å². The van der Waals surface area contributed by atoms with E-state index in [9.17, 15) is 9.18 Å². The van der Waals surface area contributed by atoms with Gasteiger partial charge in [0.1, 0.15) is 6.29 Å². The number of carbonyl (C=O) groups is 1. The van der Waals surface area contributed by atoms with Crippen molar-refractivity contribution >= 4 is 6.29 Å². The number of aldehydes is 1. The molecule has 0 spiro atoms. The number of methoxy groups -OCH3 is 1. The van der Waals surface area contributed by atoms with Crippen LogP contribution in [0.15, 0.2) is 18.2 Å². The summed E-state index contributed by atoms with van der Waals surface area (Å²) in [6.45, 7) is 0. The van der Waals surface area contributed by atoms with Gasteiger partial charge in [-0.3, -0.25) is 0 Å². The molecule has 1 fully saturated rings. The molecule has 15 heavy (non-hydrogen) atoms. The molecular formula is C12H13FO2. The zero-order valence-corrected chi connectivity index (χ0v) is 8.57. The summed E-state index contributed by atoms with van der Waals surface area (Å²) in [6, 6.07) is 4.63. The van der Waals surface area contributed by atoms with Crippen molar-refractivity contribution in [2.24, 2.45) is 5.92 Å². The lowest BCUT2D eigenvalue weighted by atomic mass is 9.95. The van der Waals surface area contributed by atoms with Gasteiger partial charge in [0, 0.05) is 5.92 Å². The lowest BCUT2D eigenvalue weighted by molar-refractivity contribution is -0.109. The topological polar surface area (TPSA) is 26.3 Å². The second-order valence-corrected chi connectivity index (χ2v) is 3.89.